The van der Waals surface area contributed by atoms with E-state index in [1.54, 1.807) is 26.8 Å². The quantitative estimate of drug-likeness (QED) is 0.417. The Morgan fingerprint density at radius 1 is 1.00 bits per heavy atom. The molecule has 1 aliphatic rings. The molecule has 2 atom stereocenters. The summed E-state index contributed by atoms with van der Waals surface area (Å²) in [4.78, 5) is 25.0. The fourth-order valence-corrected chi connectivity index (χ4v) is 4.59. The molecule has 0 bridgehead atoms. The molecule has 1 aliphatic carbocycles. The van der Waals surface area contributed by atoms with E-state index in [0.29, 0.717) is 18.8 Å². The van der Waals surface area contributed by atoms with E-state index in [9.17, 15) is 9.59 Å². The van der Waals surface area contributed by atoms with Crippen LogP contribution in [-0.4, -0.2) is 42.2 Å². The number of rotatable bonds is 6. The molecule has 186 valence electrons. The van der Waals surface area contributed by atoms with Crippen LogP contribution in [0.4, 0.5) is 9.59 Å². The molecule has 2 rings (SSSR count). The molecule has 1 N–H and O–H groups in total. The Kier molecular flexibility index (Phi) is 8.44. The third kappa shape index (κ3) is 6.85. The summed E-state index contributed by atoms with van der Waals surface area (Å²) >= 11 is 0. The van der Waals surface area contributed by atoms with Crippen LogP contribution in [0.15, 0.2) is 18.2 Å². The van der Waals surface area contributed by atoms with Crippen LogP contribution in [-0.2, 0) is 26.0 Å². The zero-order valence-corrected chi connectivity index (χ0v) is 21.7. The van der Waals surface area contributed by atoms with Crippen molar-refractivity contribution in [3.8, 4) is 5.75 Å². The molecular weight excluding hydrogens is 422 g/mol. The molecule has 0 aromatic heterocycles. The first-order valence-corrected chi connectivity index (χ1v) is 11.9. The highest BCUT2D eigenvalue weighted by Gasteiger charge is 2.48. The lowest BCUT2D eigenvalue weighted by Gasteiger charge is -2.48. The van der Waals surface area contributed by atoms with Crippen molar-refractivity contribution in [1.29, 1.82) is 0 Å². The number of fused-ring (bicyclic) bond motifs is 1. The van der Waals surface area contributed by atoms with E-state index in [2.05, 4.69) is 19.2 Å². The van der Waals surface area contributed by atoms with E-state index in [-0.39, 0.29) is 12.1 Å². The number of carbonyl (C=O) groups is 2. The zero-order chi connectivity index (χ0) is 25.0. The summed E-state index contributed by atoms with van der Waals surface area (Å²) in [7, 11) is 0. The summed E-state index contributed by atoms with van der Waals surface area (Å²) in [5, 5.41) is 3.12. The Morgan fingerprint density at radius 3 is 2.12 bits per heavy atom. The van der Waals surface area contributed by atoms with Crippen LogP contribution in [0.5, 0.6) is 5.75 Å². The number of amides is 1. The van der Waals surface area contributed by atoms with Gasteiger partial charge in [-0.3, -0.25) is 0 Å². The number of carbonyl (C=O) groups excluding carboxylic acids is 2. The zero-order valence-electron chi connectivity index (χ0n) is 21.7. The molecule has 0 heterocycles. The fourth-order valence-electron chi connectivity index (χ4n) is 4.59. The fraction of sp³-hybridized carbons (Fsp3) is 0.692. The van der Waals surface area contributed by atoms with Crippen molar-refractivity contribution in [2.45, 2.75) is 110 Å². The lowest BCUT2D eigenvalue weighted by atomic mass is 9.62. The van der Waals surface area contributed by atoms with Gasteiger partial charge in [0.15, 0.2) is 0 Å². The molecule has 7 nitrogen and oxygen atoms in total. The standard InChI is InChI=1S/C26H41NO6/c1-10-26(11-2)19-16-18(31-23(29)33-25(7,8)9)14-13-17(19)15-20(30-12-3)21(26)27-22(28)32-24(4,5)6/h13-14,16,20-21H,10-12,15H2,1-9H3,(H,27,28). The Bertz CT molecular complexity index is 832. The number of nitrogens with one attached hydrogen (secondary N) is 1. The van der Waals surface area contributed by atoms with Crippen molar-refractivity contribution in [2.75, 3.05) is 6.61 Å². The average Bonchev–Trinajstić information content (AvgIpc) is 2.66. The third-order valence-corrected chi connectivity index (χ3v) is 5.91. The van der Waals surface area contributed by atoms with E-state index in [4.69, 9.17) is 18.9 Å². The Labute approximate surface area is 198 Å². The molecular formula is C26H41NO6. The van der Waals surface area contributed by atoms with Gasteiger partial charge in [-0.05, 0) is 84.6 Å². The van der Waals surface area contributed by atoms with Crippen LogP contribution < -0.4 is 10.1 Å². The van der Waals surface area contributed by atoms with Gasteiger partial charge in [0, 0.05) is 18.4 Å². The van der Waals surface area contributed by atoms with Crippen LogP contribution in [0.1, 0.15) is 86.3 Å². The number of alkyl carbamates (subject to hydrolysis) is 1. The summed E-state index contributed by atoms with van der Waals surface area (Å²) in [6.07, 6.45) is 0.749. The first kappa shape index (κ1) is 27.0. The largest absolute Gasteiger partial charge is 0.514 e. The molecule has 1 aromatic rings. The first-order chi connectivity index (χ1) is 15.2. The molecule has 1 aromatic carbocycles. The van der Waals surface area contributed by atoms with Gasteiger partial charge in [-0.1, -0.05) is 19.9 Å². The van der Waals surface area contributed by atoms with E-state index in [1.165, 1.54) is 0 Å². The summed E-state index contributed by atoms with van der Waals surface area (Å²) in [6, 6.07) is 5.36. The van der Waals surface area contributed by atoms with Crippen LogP contribution >= 0.6 is 0 Å². The minimum atomic E-state index is -0.743. The van der Waals surface area contributed by atoms with Crippen molar-refractivity contribution in [1.82, 2.24) is 5.32 Å². The summed E-state index contributed by atoms with van der Waals surface area (Å²) in [6.45, 7) is 17.6. The minimum Gasteiger partial charge on any atom is -0.444 e. The Hall–Kier alpha value is -2.28. The average molecular weight is 464 g/mol. The predicted molar refractivity (Wildman–Crippen MR) is 128 cm³/mol. The number of hydrogen-bond acceptors (Lipinski definition) is 6. The highest BCUT2D eigenvalue weighted by Crippen LogP contribution is 2.45. The lowest BCUT2D eigenvalue weighted by Crippen LogP contribution is -2.60. The first-order valence-electron chi connectivity index (χ1n) is 11.9. The normalized spacial score (nSPS) is 19.9. The lowest BCUT2D eigenvalue weighted by molar-refractivity contribution is -0.00956. The molecule has 0 fully saturated rings. The summed E-state index contributed by atoms with van der Waals surface area (Å²) in [5.41, 5.74) is 0.501. The maximum atomic E-state index is 12.8. The van der Waals surface area contributed by atoms with Crippen molar-refractivity contribution >= 4 is 12.2 Å². The SMILES string of the molecule is CCOC1Cc2ccc(OC(=O)OC(C)(C)C)cc2C(CC)(CC)C1NC(=O)OC(C)(C)C. The summed E-state index contributed by atoms with van der Waals surface area (Å²) in [5.74, 6) is 0.417. The van der Waals surface area contributed by atoms with E-state index < -0.39 is 28.9 Å². The Balaban J connectivity index is 2.46. The van der Waals surface area contributed by atoms with Gasteiger partial charge in [0.2, 0.25) is 0 Å². The van der Waals surface area contributed by atoms with Gasteiger partial charge in [0.05, 0.1) is 12.1 Å². The maximum Gasteiger partial charge on any atom is 0.514 e. The van der Waals surface area contributed by atoms with E-state index in [1.807, 2.05) is 39.8 Å². The van der Waals surface area contributed by atoms with Crippen molar-refractivity contribution in [2.24, 2.45) is 0 Å². The maximum absolute atomic E-state index is 12.8. The van der Waals surface area contributed by atoms with Crippen molar-refractivity contribution < 1.29 is 28.5 Å². The van der Waals surface area contributed by atoms with Gasteiger partial charge in [-0.25, -0.2) is 9.59 Å². The molecule has 0 saturated carbocycles. The van der Waals surface area contributed by atoms with E-state index in [0.717, 1.165) is 24.0 Å². The molecule has 33 heavy (non-hydrogen) atoms. The smallest absolute Gasteiger partial charge is 0.444 e. The monoisotopic (exact) mass is 463 g/mol. The third-order valence-electron chi connectivity index (χ3n) is 5.91. The van der Waals surface area contributed by atoms with Crippen LogP contribution in [0, 0.1) is 0 Å². The van der Waals surface area contributed by atoms with Crippen LogP contribution in [0.2, 0.25) is 0 Å². The molecule has 0 spiro atoms. The van der Waals surface area contributed by atoms with Gasteiger partial charge in [0.1, 0.15) is 17.0 Å². The molecule has 2 unspecified atom stereocenters. The molecule has 7 heteroatoms. The summed E-state index contributed by atoms with van der Waals surface area (Å²) < 4.78 is 22.5. The van der Waals surface area contributed by atoms with Crippen molar-refractivity contribution in [3.05, 3.63) is 29.3 Å². The Morgan fingerprint density at radius 2 is 1.61 bits per heavy atom. The molecule has 0 radical (unpaired) electrons. The number of hydrogen-bond donors (Lipinski definition) is 1. The second kappa shape index (κ2) is 10.3. The highest BCUT2D eigenvalue weighted by molar-refractivity contribution is 5.69. The van der Waals surface area contributed by atoms with Crippen LogP contribution in [0.3, 0.4) is 0 Å². The van der Waals surface area contributed by atoms with Gasteiger partial charge in [-0.2, -0.15) is 0 Å². The van der Waals surface area contributed by atoms with Crippen LogP contribution in [0.25, 0.3) is 0 Å². The van der Waals surface area contributed by atoms with Gasteiger partial charge < -0.3 is 24.3 Å². The second-order valence-corrected chi connectivity index (χ2v) is 10.6. The minimum absolute atomic E-state index is 0.201. The van der Waals surface area contributed by atoms with Crippen molar-refractivity contribution in [3.63, 3.8) is 0 Å². The number of benzene rings is 1. The predicted octanol–water partition coefficient (Wildman–Crippen LogP) is 5.91. The van der Waals surface area contributed by atoms with Gasteiger partial charge in [-0.15, -0.1) is 0 Å². The van der Waals surface area contributed by atoms with Gasteiger partial charge >= 0.3 is 12.2 Å². The number of ether oxygens (including phenoxy) is 4. The van der Waals surface area contributed by atoms with E-state index >= 15 is 0 Å². The highest BCUT2D eigenvalue weighted by atomic mass is 16.7. The molecule has 0 saturated heterocycles. The second-order valence-electron chi connectivity index (χ2n) is 10.6. The topological polar surface area (TPSA) is 83.1 Å². The molecule has 0 aliphatic heterocycles. The van der Waals surface area contributed by atoms with Gasteiger partial charge in [0.25, 0.3) is 0 Å². The molecule has 1 amide bonds.